The van der Waals surface area contributed by atoms with Crippen LogP contribution in [0.3, 0.4) is 0 Å². The summed E-state index contributed by atoms with van der Waals surface area (Å²) in [4.78, 5) is 15.2. The van der Waals surface area contributed by atoms with Gasteiger partial charge in [-0.3, -0.25) is 4.79 Å². The first-order valence-electron chi connectivity index (χ1n) is 9.81. The number of fused-ring (bicyclic) bond motifs is 3. The SMILES string of the molecule is CN(c1ccc(-c2cc3ccn(C)c(=O)c3s2)nn1)[C@@H]1C[C@H]2CC[C@H](C2)[C@@H]1F. The molecule has 0 radical (unpaired) electrons. The summed E-state index contributed by atoms with van der Waals surface area (Å²) < 4.78 is 17.2. The molecule has 0 spiro atoms. The lowest BCUT2D eigenvalue weighted by atomic mass is 9.83. The molecule has 3 heterocycles. The number of thiophene rings is 1. The maximum Gasteiger partial charge on any atom is 0.268 e. The van der Waals surface area contributed by atoms with Gasteiger partial charge >= 0.3 is 0 Å². The third-order valence-electron chi connectivity index (χ3n) is 6.49. The topological polar surface area (TPSA) is 51.0 Å². The van der Waals surface area contributed by atoms with Gasteiger partial charge in [-0.05, 0) is 61.8 Å². The van der Waals surface area contributed by atoms with Crippen LogP contribution in [0.2, 0.25) is 0 Å². The maximum atomic E-state index is 14.9. The molecule has 2 saturated carbocycles. The second kappa shape index (κ2) is 6.65. The van der Waals surface area contributed by atoms with Crippen LogP contribution in [0.15, 0.2) is 35.3 Å². The third kappa shape index (κ3) is 2.83. The van der Waals surface area contributed by atoms with E-state index in [0.29, 0.717) is 11.7 Å². The standard InChI is InChI=1S/C21H23FN4OS/c1-25-8-7-14-11-17(28-20(14)21(25)27)15-5-6-18(24-23-15)26(2)16-10-12-3-4-13(9-12)19(16)22/h5-8,11-13,16,19H,3-4,9-10H2,1-2H3/t12-,13+,16+,19-/m0/s1. The number of hydrogen-bond donors (Lipinski definition) is 0. The largest absolute Gasteiger partial charge is 0.352 e. The van der Waals surface area contributed by atoms with Gasteiger partial charge in [-0.25, -0.2) is 4.39 Å². The molecule has 0 saturated heterocycles. The van der Waals surface area contributed by atoms with E-state index in [1.165, 1.54) is 11.3 Å². The van der Waals surface area contributed by atoms with Gasteiger partial charge in [0.05, 0.1) is 10.9 Å². The molecule has 2 fully saturated rings. The van der Waals surface area contributed by atoms with Crippen LogP contribution in [0, 0.1) is 11.8 Å². The Labute approximate surface area is 166 Å². The Hall–Kier alpha value is -2.28. The first-order valence-corrected chi connectivity index (χ1v) is 10.6. The Balaban J connectivity index is 1.41. The lowest BCUT2D eigenvalue weighted by molar-refractivity contribution is 0.144. The van der Waals surface area contributed by atoms with Crippen LogP contribution in [0.25, 0.3) is 20.7 Å². The maximum absolute atomic E-state index is 14.9. The molecule has 5 rings (SSSR count). The minimum atomic E-state index is -0.788. The highest BCUT2D eigenvalue weighted by molar-refractivity contribution is 7.22. The summed E-state index contributed by atoms with van der Waals surface area (Å²) >= 11 is 1.43. The van der Waals surface area contributed by atoms with E-state index in [2.05, 4.69) is 10.2 Å². The molecule has 3 aromatic rings. The van der Waals surface area contributed by atoms with E-state index in [1.54, 1.807) is 17.8 Å². The van der Waals surface area contributed by atoms with E-state index >= 15 is 0 Å². The predicted molar refractivity (Wildman–Crippen MR) is 111 cm³/mol. The van der Waals surface area contributed by atoms with Gasteiger partial charge in [0.2, 0.25) is 0 Å². The number of alkyl halides is 1. The summed E-state index contributed by atoms with van der Waals surface area (Å²) in [7, 11) is 3.68. The molecule has 4 atom stereocenters. The number of halogens is 1. The van der Waals surface area contributed by atoms with Gasteiger partial charge in [0.1, 0.15) is 16.6 Å². The molecule has 2 bridgehead atoms. The summed E-state index contributed by atoms with van der Waals surface area (Å²) in [6.07, 6.45) is 5.11. The molecule has 0 amide bonds. The van der Waals surface area contributed by atoms with Gasteiger partial charge in [0.15, 0.2) is 5.82 Å². The molecular formula is C21H23FN4OS. The minimum Gasteiger partial charge on any atom is -0.352 e. The van der Waals surface area contributed by atoms with Gasteiger partial charge in [-0.2, -0.15) is 0 Å². The molecular weight excluding hydrogens is 375 g/mol. The van der Waals surface area contributed by atoms with E-state index in [1.807, 2.05) is 36.2 Å². The molecule has 146 valence electrons. The van der Waals surface area contributed by atoms with Crippen molar-refractivity contribution in [3.05, 3.63) is 40.8 Å². The Bertz CT molecular complexity index is 1080. The van der Waals surface area contributed by atoms with E-state index in [-0.39, 0.29) is 17.5 Å². The third-order valence-corrected chi connectivity index (χ3v) is 7.65. The Morgan fingerprint density at radius 1 is 1.21 bits per heavy atom. The van der Waals surface area contributed by atoms with Gasteiger partial charge in [-0.15, -0.1) is 21.5 Å². The van der Waals surface area contributed by atoms with Crippen LogP contribution < -0.4 is 10.5 Å². The van der Waals surface area contributed by atoms with Gasteiger partial charge < -0.3 is 9.47 Å². The highest BCUT2D eigenvalue weighted by Gasteiger charge is 2.44. The molecule has 7 heteroatoms. The Morgan fingerprint density at radius 2 is 2.07 bits per heavy atom. The van der Waals surface area contributed by atoms with Gasteiger partial charge in [0.25, 0.3) is 5.56 Å². The zero-order valence-corrected chi connectivity index (χ0v) is 16.8. The van der Waals surface area contributed by atoms with Crippen molar-refractivity contribution in [3.63, 3.8) is 0 Å². The monoisotopic (exact) mass is 398 g/mol. The van der Waals surface area contributed by atoms with Crippen LogP contribution in [0.5, 0.6) is 0 Å². The summed E-state index contributed by atoms with van der Waals surface area (Å²) in [6.45, 7) is 0. The summed E-state index contributed by atoms with van der Waals surface area (Å²) in [5.41, 5.74) is 0.736. The fourth-order valence-corrected chi connectivity index (χ4v) is 5.93. The molecule has 5 nitrogen and oxygen atoms in total. The van der Waals surface area contributed by atoms with E-state index in [4.69, 9.17) is 0 Å². The molecule has 3 aromatic heterocycles. The van der Waals surface area contributed by atoms with Crippen molar-refractivity contribution in [2.45, 2.75) is 37.9 Å². The van der Waals surface area contributed by atoms with E-state index < -0.39 is 6.17 Å². The van der Waals surface area contributed by atoms with Crippen molar-refractivity contribution in [2.24, 2.45) is 18.9 Å². The van der Waals surface area contributed by atoms with Crippen LogP contribution >= 0.6 is 11.3 Å². The van der Waals surface area contributed by atoms with Crippen molar-refractivity contribution in [2.75, 3.05) is 11.9 Å². The van der Waals surface area contributed by atoms with Gasteiger partial charge in [0, 0.05) is 25.7 Å². The number of aromatic nitrogens is 3. The van der Waals surface area contributed by atoms with E-state index in [0.717, 1.165) is 46.3 Å². The highest BCUT2D eigenvalue weighted by Crippen LogP contribution is 2.45. The molecule has 2 aliphatic rings. The first-order chi connectivity index (χ1) is 13.5. The fraction of sp³-hybridized carbons (Fsp3) is 0.476. The zero-order chi connectivity index (χ0) is 19.4. The van der Waals surface area contributed by atoms with Crippen molar-refractivity contribution in [1.82, 2.24) is 14.8 Å². The molecule has 0 unspecified atom stereocenters. The van der Waals surface area contributed by atoms with Gasteiger partial charge in [-0.1, -0.05) is 0 Å². The number of pyridine rings is 1. The number of anilines is 1. The number of nitrogens with zero attached hydrogens (tertiary/aromatic N) is 4. The minimum absolute atomic E-state index is 0.000945. The average molecular weight is 399 g/mol. The van der Waals surface area contributed by atoms with Crippen molar-refractivity contribution in [1.29, 1.82) is 0 Å². The van der Waals surface area contributed by atoms with Crippen molar-refractivity contribution < 1.29 is 4.39 Å². The smallest absolute Gasteiger partial charge is 0.268 e. The second-order valence-corrected chi connectivity index (χ2v) is 9.25. The van der Waals surface area contributed by atoms with Crippen LogP contribution in [0.4, 0.5) is 10.2 Å². The van der Waals surface area contributed by atoms with Crippen molar-refractivity contribution >= 4 is 27.2 Å². The van der Waals surface area contributed by atoms with Crippen LogP contribution in [-0.4, -0.2) is 34.0 Å². The lowest BCUT2D eigenvalue weighted by Gasteiger charge is -2.38. The number of rotatable bonds is 3. The summed E-state index contributed by atoms with van der Waals surface area (Å²) in [6, 6.07) is 7.63. The van der Waals surface area contributed by atoms with Crippen LogP contribution in [0.1, 0.15) is 25.7 Å². The molecule has 0 N–H and O–H groups in total. The Morgan fingerprint density at radius 3 is 2.86 bits per heavy atom. The summed E-state index contributed by atoms with van der Waals surface area (Å²) in [5.74, 6) is 1.56. The van der Waals surface area contributed by atoms with E-state index in [9.17, 15) is 9.18 Å². The number of hydrogen-bond acceptors (Lipinski definition) is 5. The molecule has 0 aliphatic heterocycles. The van der Waals surface area contributed by atoms with Crippen LogP contribution in [-0.2, 0) is 7.05 Å². The first kappa shape index (κ1) is 17.8. The highest BCUT2D eigenvalue weighted by atomic mass is 32.1. The zero-order valence-electron chi connectivity index (χ0n) is 16.0. The molecule has 2 aliphatic carbocycles. The van der Waals surface area contributed by atoms with Crippen molar-refractivity contribution in [3.8, 4) is 10.6 Å². The quantitative estimate of drug-likeness (QED) is 0.669. The molecule has 0 aromatic carbocycles. The predicted octanol–water partition coefficient (Wildman–Crippen LogP) is 4.02. The summed E-state index contributed by atoms with van der Waals surface area (Å²) in [5, 5.41) is 9.68. The second-order valence-electron chi connectivity index (χ2n) is 8.20. The Kier molecular flexibility index (Phi) is 4.23. The average Bonchev–Trinajstić information content (AvgIpc) is 3.32. The fourth-order valence-electron chi connectivity index (χ4n) is 4.83. The molecule has 28 heavy (non-hydrogen) atoms. The lowest BCUT2D eigenvalue weighted by Crippen LogP contribution is -2.46. The normalized spacial score (nSPS) is 26.7. The number of aryl methyl sites for hydroxylation is 1.